The smallest absolute Gasteiger partial charge is 0.223 e. The van der Waals surface area contributed by atoms with Crippen LogP contribution >= 0.6 is 0 Å². The summed E-state index contributed by atoms with van der Waals surface area (Å²) in [5.41, 5.74) is 0.512. The number of rotatable bonds is 5. The molecular formula is C15H28N2O. The minimum absolute atomic E-state index is 0.259. The van der Waals surface area contributed by atoms with E-state index in [0.717, 1.165) is 31.8 Å². The third-order valence-corrected chi connectivity index (χ3v) is 4.47. The van der Waals surface area contributed by atoms with Gasteiger partial charge in [0.15, 0.2) is 0 Å². The molecule has 0 aliphatic heterocycles. The van der Waals surface area contributed by atoms with Crippen LogP contribution in [-0.2, 0) is 4.79 Å². The van der Waals surface area contributed by atoms with Gasteiger partial charge >= 0.3 is 0 Å². The van der Waals surface area contributed by atoms with Crippen LogP contribution in [0.25, 0.3) is 0 Å². The number of nitrogens with one attached hydrogen (secondary N) is 2. The average molecular weight is 252 g/mol. The molecule has 2 unspecified atom stereocenters. The third-order valence-electron chi connectivity index (χ3n) is 4.47. The molecule has 0 spiro atoms. The van der Waals surface area contributed by atoms with Crippen LogP contribution in [-0.4, -0.2) is 25.0 Å². The first kappa shape index (κ1) is 13.9. The van der Waals surface area contributed by atoms with Crippen LogP contribution in [0.5, 0.6) is 0 Å². The van der Waals surface area contributed by atoms with Gasteiger partial charge in [0.05, 0.1) is 0 Å². The van der Waals surface area contributed by atoms with Gasteiger partial charge in [-0.25, -0.2) is 0 Å². The highest BCUT2D eigenvalue weighted by atomic mass is 16.2. The Bertz CT molecular complexity index is 297. The van der Waals surface area contributed by atoms with Crippen molar-refractivity contribution in [1.82, 2.24) is 10.6 Å². The van der Waals surface area contributed by atoms with Gasteiger partial charge in [-0.3, -0.25) is 4.79 Å². The molecule has 1 amide bonds. The topological polar surface area (TPSA) is 41.1 Å². The lowest BCUT2D eigenvalue weighted by atomic mass is 9.70. The normalized spacial score (nSPS) is 31.1. The summed E-state index contributed by atoms with van der Waals surface area (Å²) < 4.78 is 0. The molecule has 0 aromatic carbocycles. The zero-order chi connectivity index (χ0) is 13.2. The second kappa shape index (κ2) is 5.60. The van der Waals surface area contributed by atoms with Crippen LogP contribution in [0.15, 0.2) is 0 Å². The monoisotopic (exact) mass is 252 g/mol. The van der Waals surface area contributed by atoms with Crippen LogP contribution in [0.3, 0.4) is 0 Å². The third kappa shape index (κ3) is 3.98. The Morgan fingerprint density at radius 1 is 1.22 bits per heavy atom. The highest BCUT2D eigenvalue weighted by Gasteiger charge is 2.32. The summed E-state index contributed by atoms with van der Waals surface area (Å²) >= 11 is 0. The molecule has 2 N–H and O–H groups in total. The predicted octanol–water partition coefficient (Wildman–Crippen LogP) is 2.32. The standard InChI is InChI=1S/C15H28N2O/c1-11-10-15(2,3)7-6-13(11)16-8-9-17-14(18)12-4-5-12/h11-13,16H,4-10H2,1-3H3,(H,17,18). The van der Waals surface area contributed by atoms with E-state index in [1.54, 1.807) is 0 Å². The second-order valence-electron chi connectivity index (χ2n) is 7.01. The van der Waals surface area contributed by atoms with Crippen LogP contribution in [0.4, 0.5) is 0 Å². The Morgan fingerprint density at radius 2 is 1.94 bits per heavy atom. The molecule has 3 heteroatoms. The number of hydrogen-bond donors (Lipinski definition) is 2. The summed E-state index contributed by atoms with van der Waals surface area (Å²) in [5, 5.41) is 6.62. The molecule has 3 nitrogen and oxygen atoms in total. The molecule has 2 rings (SSSR count). The van der Waals surface area contributed by atoms with Crippen molar-refractivity contribution in [1.29, 1.82) is 0 Å². The molecule has 2 saturated carbocycles. The number of hydrogen-bond acceptors (Lipinski definition) is 2. The van der Waals surface area contributed by atoms with Crippen molar-refractivity contribution >= 4 is 5.91 Å². The Balaban J connectivity index is 1.60. The first-order valence-electron chi connectivity index (χ1n) is 7.49. The molecule has 2 atom stereocenters. The van der Waals surface area contributed by atoms with E-state index < -0.39 is 0 Å². The first-order valence-corrected chi connectivity index (χ1v) is 7.49. The van der Waals surface area contributed by atoms with E-state index in [2.05, 4.69) is 31.4 Å². The van der Waals surface area contributed by atoms with Gasteiger partial charge in [-0.2, -0.15) is 0 Å². The Labute approximate surface area is 111 Å². The molecule has 0 heterocycles. The van der Waals surface area contributed by atoms with E-state index in [0.29, 0.717) is 17.4 Å². The number of amides is 1. The first-order chi connectivity index (χ1) is 8.48. The van der Waals surface area contributed by atoms with Crippen LogP contribution in [0, 0.1) is 17.3 Å². The van der Waals surface area contributed by atoms with Crippen LogP contribution < -0.4 is 10.6 Å². The Kier molecular flexibility index (Phi) is 4.31. The second-order valence-corrected chi connectivity index (χ2v) is 7.01. The van der Waals surface area contributed by atoms with E-state index in [1.165, 1.54) is 19.3 Å². The summed E-state index contributed by atoms with van der Waals surface area (Å²) in [4.78, 5) is 11.5. The van der Waals surface area contributed by atoms with Crippen molar-refractivity contribution in [3.05, 3.63) is 0 Å². The minimum Gasteiger partial charge on any atom is -0.355 e. The molecule has 18 heavy (non-hydrogen) atoms. The van der Waals surface area contributed by atoms with Gasteiger partial charge in [0.1, 0.15) is 0 Å². The van der Waals surface area contributed by atoms with Crippen molar-refractivity contribution in [3.8, 4) is 0 Å². The van der Waals surface area contributed by atoms with Gasteiger partial charge in [-0.15, -0.1) is 0 Å². The SMILES string of the molecule is CC1CC(C)(C)CCC1NCCNC(=O)C1CC1. The Morgan fingerprint density at radius 3 is 2.56 bits per heavy atom. The lowest BCUT2D eigenvalue weighted by Gasteiger charge is -2.39. The fraction of sp³-hybridized carbons (Fsp3) is 0.933. The maximum atomic E-state index is 11.5. The van der Waals surface area contributed by atoms with Gasteiger partial charge in [-0.1, -0.05) is 20.8 Å². The molecule has 0 aromatic rings. The van der Waals surface area contributed by atoms with Gasteiger partial charge in [0, 0.05) is 25.0 Å². The molecule has 104 valence electrons. The van der Waals surface area contributed by atoms with E-state index in [-0.39, 0.29) is 5.91 Å². The summed E-state index contributed by atoms with van der Waals surface area (Å²) in [6, 6.07) is 0.635. The van der Waals surface area contributed by atoms with Crippen molar-refractivity contribution in [3.63, 3.8) is 0 Å². The fourth-order valence-corrected chi connectivity index (χ4v) is 3.18. The van der Waals surface area contributed by atoms with Gasteiger partial charge in [0.25, 0.3) is 0 Å². The predicted molar refractivity (Wildman–Crippen MR) is 74.3 cm³/mol. The zero-order valence-corrected chi connectivity index (χ0v) is 12.1. The molecule has 0 aromatic heterocycles. The van der Waals surface area contributed by atoms with E-state index in [4.69, 9.17) is 0 Å². The summed E-state index contributed by atoms with van der Waals surface area (Å²) in [7, 11) is 0. The quantitative estimate of drug-likeness (QED) is 0.737. The lowest BCUT2D eigenvalue weighted by molar-refractivity contribution is -0.122. The number of carbonyl (C=O) groups excluding carboxylic acids is 1. The summed E-state index contributed by atoms with van der Waals surface area (Å²) in [5.74, 6) is 1.34. The van der Waals surface area contributed by atoms with E-state index >= 15 is 0 Å². The Hall–Kier alpha value is -0.570. The highest BCUT2D eigenvalue weighted by molar-refractivity contribution is 5.80. The fourth-order valence-electron chi connectivity index (χ4n) is 3.18. The minimum atomic E-state index is 0.259. The molecular weight excluding hydrogens is 224 g/mol. The number of carbonyl (C=O) groups is 1. The van der Waals surface area contributed by atoms with Crippen molar-refractivity contribution in [2.75, 3.05) is 13.1 Å². The van der Waals surface area contributed by atoms with Gasteiger partial charge in [-0.05, 0) is 43.4 Å². The summed E-state index contributed by atoms with van der Waals surface area (Å²) in [6.45, 7) is 8.78. The van der Waals surface area contributed by atoms with Crippen molar-refractivity contribution < 1.29 is 4.79 Å². The van der Waals surface area contributed by atoms with Gasteiger partial charge in [0.2, 0.25) is 5.91 Å². The lowest BCUT2D eigenvalue weighted by Crippen LogP contribution is -2.44. The highest BCUT2D eigenvalue weighted by Crippen LogP contribution is 2.38. The molecule has 0 radical (unpaired) electrons. The largest absolute Gasteiger partial charge is 0.355 e. The van der Waals surface area contributed by atoms with Gasteiger partial charge < -0.3 is 10.6 Å². The molecule has 0 saturated heterocycles. The molecule has 2 fully saturated rings. The van der Waals surface area contributed by atoms with E-state index in [9.17, 15) is 4.79 Å². The van der Waals surface area contributed by atoms with Crippen molar-refractivity contribution in [2.45, 2.75) is 58.9 Å². The zero-order valence-electron chi connectivity index (χ0n) is 12.1. The molecule has 0 bridgehead atoms. The summed E-state index contributed by atoms with van der Waals surface area (Å²) in [6.07, 6.45) is 6.06. The molecule has 2 aliphatic rings. The maximum absolute atomic E-state index is 11.5. The van der Waals surface area contributed by atoms with Crippen LogP contribution in [0.1, 0.15) is 52.9 Å². The molecule has 2 aliphatic carbocycles. The van der Waals surface area contributed by atoms with E-state index in [1.807, 2.05) is 0 Å². The average Bonchev–Trinajstić information content (AvgIpc) is 3.09. The van der Waals surface area contributed by atoms with Crippen LogP contribution in [0.2, 0.25) is 0 Å². The maximum Gasteiger partial charge on any atom is 0.223 e. The van der Waals surface area contributed by atoms with Crippen molar-refractivity contribution in [2.24, 2.45) is 17.3 Å².